The predicted molar refractivity (Wildman–Crippen MR) is 76.0 cm³/mol. The van der Waals surface area contributed by atoms with Crippen molar-refractivity contribution in [2.45, 2.75) is 20.4 Å². The van der Waals surface area contributed by atoms with Crippen LogP contribution in [0.4, 0.5) is 5.13 Å². The van der Waals surface area contributed by atoms with Gasteiger partial charge in [-0.05, 0) is 13.8 Å². The summed E-state index contributed by atoms with van der Waals surface area (Å²) >= 11 is 3.01. The van der Waals surface area contributed by atoms with Gasteiger partial charge in [0.15, 0.2) is 0 Å². The standard InChI is InChI=1S/C11H11N5OS2/c1-6-7(2)18-8(14-6)5-13-10-15-16-9(17)3-4-12-11(16)19-10/h3-4H,5H2,1-2H3,(H,13,15). The average molecular weight is 293 g/mol. The number of fused-ring (bicyclic) bond motifs is 1. The summed E-state index contributed by atoms with van der Waals surface area (Å²) < 4.78 is 1.30. The van der Waals surface area contributed by atoms with Gasteiger partial charge < -0.3 is 5.32 Å². The first-order chi connectivity index (χ1) is 9.13. The second-order valence-electron chi connectivity index (χ2n) is 3.99. The summed E-state index contributed by atoms with van der Waals surface area (Å²) in [5.74, 6) is 0. The quantitative estimate of drug-likeness (QED) is 0.797. The third-order valence-corrected chi connectivity index (χ3v) is 4.59. The van der Waals surface area contributed by atoms with Crippen molar-refractivity contribution in [3.63, 3.8) is 0 Å². The van der Waals surface area contributed by atoms with E-state index < -0.39 is 0 Å². The molecule has 3 heterocycles. The van der Waals surface area contributed by atoms with Crippen LogP contribution in [-0.2, 0) is 6.54 Å². The molecule has 8 heteroatoms. The Hall–Kier alpha value is -1.80. The number of nitrogens with one attached hydrogen (secondary N) is 1. The van der Waals surface area contributed by atoms with Crippen LogP contribution in [0.15, 0.2) is 17.1 Å². The van der Waals surface area contributed by atoms with Crippen LogP contribution in [0.1, 0.15) is 15.6 Å². The first-order valence-corrected chi connectivity index (χ1v) is 7.28. The predicted octanol–water partition coefficient (Wildman–Crippen LogP) is 1.84. The smallest absolute Gasteiger partial charge is 0.275 e. The molecule has 0 radical (unpaired) electrons. The number of anilines is 1. The number of hydrogen-bond acceptors (Lipinski definition) is 7. The minimum absolute atomic E-state index is 0.171. The van der Waals surface area contributed by atoms with E-state index in [0.29, 0.717) is 16.6 Å². The van der Waals surface area contributed by atoms with E-state index >= 15 is 0 Å². The summed E-state index contributed by atoms with van der Waals surface area (Å²) in [5.41, 5.74) is 0.888. The lowest BCUT2D eigenvalue weighted by molar-refractivity contribution is 0.894. The van der Waals surface area contributed by atoms with Crippen molar-refractivity contribution in [1.29, 1.82) is 0 Å². The van der Waals surface area contributed by atoms with Crippen molar-refractivity contribution >= 4 is 32.8 Å². The van der Waals surface area contributed by atoms with Gasteiger partial charge >= 0.3 is 0 Å². The lowest BCUT2D eigenvalue weighted by Crippen LogP contribution is -2.12. The van der Waals surface area contributed by atoms with Crippen LogP contribution >= 0.6 is 22.7 Å². The molecule has 0 saturated heterocycles. The van der Waals surface area contributed by atoms with Gasteiger partial charge in [-0.15, -0.1) is 16.4 Å². The van der Waals surface area contributed by atoms with Gasteiger partial charge in [0.05, 0.1) is 12.2 Å². The fourth-order valence-electron chi connectivity index (χ4n) is 1.58. The van der Waals surface area contributed by atoms with Gasteiger partial charge in [-0.2, -0.15) is 4.52 Å². The Morgan fingerprint density at radius 2 is 2.21 bits per heavy atom. The van der Waals surface area contributed by atoms with Crippen LogP contribution in [-0.4, -0.2) is 19.6 Å². The van der Waals surface area contributed by atoms with E-state index in [9.17, 15) is 4.79 Å². The minimum atomic E-state index is -0.171. The van der Waals surface area contributed by atoms with Gasteiger partial charge in [-0.3, -0.25) is 4.79 Å². The van der Waals surface area contributed by atoms with Crippen molar-refractivity contribution < 1.29 is 0 Å². The minimum Gasteiger partial charge on any atom is -0.354 e. The van der Waals surface area contributed by atoms with E-state index in [4.69, 9.17) is 0 Å². The molecule has 3 aromatic heterocycles. The molecule has 0 spiro atoms. The van der Waals surface area contributed by atoms with Crippen LogP contribution in [0.25, 0.3) is 4.96 Å². The number of aromatic nitrogens is 4. The Balaban J connectivity index is 1.82. The molecule has 0 fully saturated rings. The van der Waals surface area contributed by atoms with Crippen LogP contribution in [0.2, 0.25) is 0 Å². The molecule has 0 atom stereocenters. The largest absolute Gasteiger partial charge is 0.354 e. The molecule has 0 unspecified atom stereocenters. The molecule has 0 bridgehead atoms. The van der Waals surface area contributed by atoms with Crippen molar-refractivity contribution in [2.75, 3.05) is 5.32 Å². The van der Waals surface area contributed by atoms with E-state index in [-0.39, 0.29) is 5.56 Å². The second kappa shape index (κ2) is 4.71. The zero-order valence-electron chi connectivity index (χ0n) is 10.4. The fourth-order valence-corrected chi connectivity index (χ4v) is 3.23. The topological polar surface area (TPSA) is 72.2 Å². The summed E-state index contributed by atoms with van der Waals surface area (Å²) in [5, 5.41) is 9.03. The molecule has 3 rings (SSSR count). The highest BCUT2D eigenvalue weighted by atomic mass is 32.1. The highest BCUT2D eigenvalue weighted by molar-refractivity contribution is 7.20. The molecule has 0 amide bonds. The summed E-state index contributed by atoms with van der Waals surface area (Å²) in [4.78, 5) is 21.9. The lowest BCUT2D eigenvalue weighted by Gasteiger charge is -1.96. The van der Waals surface area contributed by atoms with Crippen LogP contribution in [0.3, 0.4) is 0 Å². The van der Waals surface area contributed by atoms with Crippen LogP contribution in [0, 0.1) is 13.8 Å². The first-order valence-electron chi connectivity index (χ1n) is 5.65. The number of nitrogens with zero attached hydrogens (tertiary/aromatic N) is 4. The molecule has 0 aromatic carbocycles. The number of hydrogen-bond donors (Lipinski definition) is 1. The molecule has 6 nitrogen and oxygen atoms in total. The Labute approximate surface area is 116 Å². The summed E-state index contributed by atoms with van der Waals surface area (Å²) in [6.07, 6.45) is 1.49. The zero-order valence-corrected chi connectivity index (χ0v) is 12.0. The number of thiazole rings is 1. The van der Waals surface area contributed by atoms with Crippen LogP contribution in [0.5, 0.6) is 0 Å². The summed E-state index contributed by atoms with van der Waals surface area (Å²) in [7, 11) is 0. The Bertz CT molecular complexity index is 768. The highest BCUT2D eigenvalue weighted by Gasteiger charge is 2.07. The van der Waals surface area contributed by atoms with Gasteiger partial charge in [0.25, 0.3) is 5.56 Å². The maximum Gasteiger partial charge on any atom is 0.275 e. The van der Waals surface area contributed by atoms with Crippen molar-refractivity contribution in [1.82, 2.24) is 19.6 Å². The highest BCUT2D eigenvalue weighted by Crippen LogP contribution is 2.20. The molecular formula is C11H11N5OS2. The van der Waals surface area contributed by atoms with E-state index in [1.54, 1.807) is 11.3 Å². The van der Waals surface area contributed by atoms with E-state index in [1.807, 2.05) is 6.92 Å². The third kappa shape index (κ3) is 2.36. The summed E-state index contributed by atoms with van der Waals surface area (Å²) in [6, 6.07) is 1.39. The molecule has 0 aliphatic heterocycles. The summed E-state index contributed by atoms with van der Waals surface area (Å²) in [6.45, 7) is 4.65. The normalized spacial score (nSPS) is 11.1. The van der Waals surface area contributed by atoms with Gasteiger partial charge in [0, 0.05) is 17.1 Å². The van der Waals surface area contributed by atoms with Crippen molar-refractivity contribution in [3.05, 3.63) is 38.2 Å². The molecule has 0 saturated carbocycles. The van der Waals surface area contributed by atoms with E-state index in [2.05, 4.69) is 27.3 Å². The van der Waals surface area contributed by atoms with E-state index in [0.717, 1.165) is 10.7 Å². The molecule has 3 aromatic rings. The van der Waals surface area contributed by atoms with Crippen LogP contribution < -0.4 is 10.9 Å². The zero-order chi connectivity index (χ0) is 13.4. The second-order valence-corrected chi connectivity index (χ2v) is 6.23. The van der Waals surface area contributed by atoms with Crippen molar-refractivity contribution in [2.24, 2.45) is 0 Å². The van der Waals surface area contributed by atoms with Crippen molar-refractivity contribution in [3.8, 4) is 0 Å². The van der Waals surface area contributed by atoms with Gasteiger partial charge in [0.2, 0.25) is 10.1 Å². The van der Waals surface area contributed by atoms with Gasteiger partial charge in [0.1, 0.15) is 5.01 Å². The molecule has 1 N–H and O–H groups in total. The Morgan fingerprint density at radius 3 is 2.89 bits per heavy atom. The lowest BCUT2D eigenvalue weighted by atomic mass is 10.4. The van der Waals surface area contributed by atoms with Gasteiger partial charge in [-0.1, -0.05) is 11.3 Å². The fraction of sp³-hybridized carbons (Fsp3) is 0.273. The average Bonchev–Trinajstić information content (AvgIpc) is 2.92. The Kier molecular flexibility index (Phi) is 3.03. The molecule has 0 aliphatic carbocycles. The SMILES string of the molecule is Cc1nc(CNc2nn3c(=O)ccnc3s2)sc1C. The molecule has 19 heavy (non-hydrogen) atoms. The monoisotopic (exact) mass is 293 g/mol. The number of rotatable bonds is 3. The molecular weight excluding hydrogens is 282 g/mol. The number of aryl methyl sites for hydroxylation is 2. The molecule has 98 valence electrons. The molecule has 0 aliphatic rings. The maximum atomic E-state index is 11.5. The third-order valence-electron chi connectivity index (χ3n) is 2.63. The Morgan fingerprint density at radius 1 is 1.37 bits per heavy atom. The first kappa shape index (κ1) is 12.2. The van der Waals surface area contributed by atoms with Gasteiger partial charge in [-0.25, -0.2) is 9.97 Å². The van der Waals surface area contributed by atoms with E-state index in [1.165, 1.54) is 33.0 Å². The maximum absolute atomic E-state index is 11.5.